The Bertz CT molecular complexity index is 866. The number of nitro benzene ring substituents is 1. The molecule has 0 saturated heterocycles. The van der Waals surface area contributed by atoms with Crippen molar-refractivity contribution in [3.8, 4) is 11.5 Å². The van der Waals surface area contributed by atoms with Gasteiger partial charge in [-0.05, 0) is 44.5 Å². The molecule has 2 rings (SSSR count). The zero-order valence-electron chi connectivity index (χ0n) is 17.9. The number of hydrogen-bond acceptors (Lipinski definition) is 6. The molecule has 0 aliphatic carbocycles. The number of nitro groups is 1. The number of nitrogens with zero attached hydrogens (tertiary/aromatic N) is 1. The minimum atomic E-state index is -0.648. The van der Waals surface area contributed by atoms with Crippen LogP contribution in [0.1, 0.15) is 19.4 Å². The third-order valence-electron chi connectivity index (χ3n) is 3.97. The van der Waals surface area contributed by atoms with Gasteiger partial charge in [-0.1, -0.05) is 12.1 Å². The smallest absolute Gasteiger partial charge is 0.273 e. The van der Waals surface area contributed by atoms with Crippen molar-refractivity contribution in [3.63, 3.8) is 0 Å². The lowest BCUT2D eigenvalue weighted by Crippen LogP contribution is -2.25. The largest absolute Gasteiger partial charge is 0.496 e. The van der Waals surface area contributed by atoms with Crippen LogP contribution in [0.15, 0.2) is 55.6 Å². The number of benzene rings is 2. The second-order valence-electron chi connectivity index (χ2n) is 5.93. The fraction of sp³-hybridized carbons (Fsp3) is 0.273. The summed E-state index contributed by atoms with van der Waals surface area (Å²) >= 11 is 0. The lowest BCUT2D eigenvalue weighted by Gasteiger charge is -2.12. The molecule has 2 aromatic carbocycles. The predicted octanol–water partition coefficient (Wildman–Crippen LogP) is 4.57. The third kappa shape index (κ3) is 8.14. The maximum Gasteiger partial charge on any atom is 0.273 e. The van der Waals surface area contributed by atoms with Crippen LogP contribution in [-0.4, -0.2) is 30.8 Å². The van der Waals surface area contributed by atoms with Crippen molar-refractivity contribution in [1.82, 2.24) is 0 Å². The maximum atomic E-state index is 11.6. The molecule has 0 aromatic heterocycles. The number of para-hydroxylation sites is 2. The highest BCUT2D eigenvalue weighted by atomic mass is 16.6. The number of anilines is 1. The number of hydrogen-bond donors (Lipinski definition) is 1. The summed E-state index contributed by atoms with van der Waals surface area (Å²) in [5.41, 5.74) is 1.52. The molecule has 0 saturated carbocycles. The molecule has 162 valence electrons. The minimum absolute atomic E-state index is 0.0532. The number of Topliss-reactive ketones (excluding diaryl/α,β-unsaturated/α-hetero) is 1. The predicted molar refractivity (Wildman–Crippen MR) is 117 cm³/mol. The number of carbonyl (C=O) groups excluding carboxylic acids is 2. The van der Waals surface area contributed by atoms with Crippen molar-refractivity contribution < 1.29 is 24.0 Å². The van der Waals surface area contributed by atoms with Gasteiger partial charge in [0.05, 0.1) is 36.8 Å². The van der Waals surface area contributed by atoms with E-state index >= 15 is 0 Å². The normalized spacial score (nSPS) is 10.2. The monoisotopic (exact) mass is 416 g/mol. The van der Waals surface area contributed by atoms with E-state index in [0.717, 1.165) is 5.56 Å². The second-order valence-corrected chi connectivity index (χ2v) is 5.93. The number of rotatable bonds is 6. The highest BCUT2D eigenvalue weighted by Crippen LogP contribution is 2.24. The fourth-order valence-corrected chi connectivity index (χ4v) is 2.10. The summed E-state index contributed by atoms with van der Waals surface area (Å²) in [6.45, 7) is 10.8. The van der Waals surface area contributed by atoms with Crippen LogP contribution in [0.25, 0.3) is 0 Å². The summed E-state index contributed by atoms with van der Waals surface area (Å²) in [5, 5.41) is 13.0. The van der Waals surface area contributed by atoms with Gasteiger partial charge in [-0.3, -0.25) is 19.7 Å². The Morgan fingerprint density at radius 2 is 1.63 bits per heavy atom. The van der Waals surface area contributed by atoms with Gasteiger partial charge in [0, 0.05) is 6.07 Å². The SMILES string of the molecule is C=C.COc1cc([N+](=O)[O-])ccc1C.COc1ccccc1NC(=O)C(C)C(C)=O. The van der Waals surface area contributed by atoms with Crippen LogP contribution in [0.2, 0.25) is 0 Å². The van der Waals surface area contributed by atoms with E-state index in [1.165, 1.54) is 33.3 Å². The number of ketones is 1. The van der Waals surface area contributed by atoms with Gasteiger partial charge in [0.1, 0.15) is 17.3 Å². The molecule has 0 spiro atoms. The van der Waals surface area contributed by atoms with Crippen molar-refractivity contribution in [2.75, 3.05) is 19.5 Å². The average Bonchev–Trinajstić information content (AvgIpc) is 2.75. The van der Waals surface area contributed by atoms with Crippen molar-refractivity contribution in [1.29, 1.82) is 0 Å². The molecule has 8 heteroatoms. The van der Waals surface area contributed by atoms with Crippen LogP contribution < -0.4 is 14.8 Å². The maximum absolute atomic E-state index is 11.6. The summed E-state index contributed by atoms with van der Waals surface area (Å²) < 4.78 is 10.0. The van der Waals surface area contributed by atoms with E-state index in [9.17, 15) is 19.7 Å². The van der Waals surface area contributed by atoms with Crippen LogP contribution in [0, 0.1) is 23.0 Å². The highest BCUT2D eigenvalue weighted by molar-refractivity contribution is 6.06. The second kappa shape index (κ2) is 13.5. The van der Waals surface area contributed by atoms with Gasteiger partial charge in [0.2, 0.25) is 5.91 Å². The first-order chi connectivity index (χ1) is 14.2. The van der Waals surface area contributed by atoms with Crippen molar-refractivity contribution in [3.05, 3.63) is 71.3 Å². The Morgan fingerprint density at radius 1 is 1.07 bits per heavy atom. The summed E-state index contributed by atoms with van der Waals surface area (Å²) in [6.07, 6.45) is 0. The van der Waals surface area contributed by atoms with E-state index in [2.05, 4.69) is 18.5 Å². The van der Waals surface area contributed by atoms with E-state index in [0.29, 0.717) is 17.2 Å². The Labute approximate surface area is 176 Å². The molecular formula is C22H28N2O6. The van der Waals surface area contributed by atoms with Gasteiger partial charge < -0.3 is 14.8 Å². The number of nitrogens with one attached hydrogen (secondary N) is 1. The Hall–Kier alpha value is -3.68. The van der Waals surface area contributed by atoms with Crippen molar-refractivity contribution >= 4 is 23.1 Å². The number of non-ortho nitro benzene ring substituents is 1. The van der Waals surface area contributed by atoms with E-state index in [-0.39, 0.29) is 17.4 Å². The van der Waals surface area contributed by atoms with Crippen LogP contribution >= 0.6 is 0 Å². The van der Waals surface area contributed by atoms with E-state index in [4.69, 9.17) is 9.47 Å². The molecule has 0 radical (unpaired) electrons. The topological polar surface area (TPSA) is 108 Å². The van der Waals surface area contributed by atoms with E-state index in [1.54, 1.807) is 31.2 Å². The molecule has 1 N–H and O–H groups in total. The fourth-order valence-electron chi connectivity index (χ4n) is 2.10. The molecule has 8 nitrogen and oxygen atoms in total. The van der Waals surface area contributed by atoms with Gasteiger partial charge in [-0.25, -0.2) is 0 Å². The molecule has 1 unspecified atom stereocenters. The zero-order chi connectivity index (χ0) is 23.3. The van der Waals surface area contributed by atoms with Gasteiger partial charge >= 0.3 is 0 Å². The van der Waals surface area contributed by atoms with Crippen molar-refractivity contribution in [2.24, 2.45) is 5.92 Å². The van der Waals surface area contributed by atoms with Crippen LogP contribution in [0.3, 0.4) is 0 Å². The zero-order valence-corrected chi connectivity index (χ0v) is 17.9. The third-order valence-corrected chi connectivity index (χ3v) is 3.97. The van der Waals surface area contributed by atoms with Crippen LogP contribution in [0.5, 0.6) is 11.5 Å². The Balaban J connectivity index is 0.000000535. The lowest BCUT2D eigenvalue weighted by molar-refractivity contribution is -0.384. The molecule has 0 heterocycles. The molecule has 0 aliphatic rings. The first kappa shape index (κ1) is 26.3. The number of methoxy groups -OCH3 is 2. The summed E-state index contributed by atoms with van der Waals surface area (Å²) in [4.78, 5) is 32.6. The van der Waals surface area contributed by atoms with E-state index < -0.39 is 10.8 Å². The lowest BCUT2D eigenvalue weighted by atomic mass is 10.1. The van der Waals surface area contributed by atoms with Gasteiger partial charge in [0.15, 0.2) is 0 Å². The number of aryl methyl sites for hydroxylation is 1. The Morgan fingerprint density at radius 3 is 2.13 bits per heavy atom. The molecular weight excluding hydrogens is 388 g/mol. The molecule has 0 aliphatic heterocycles. The first-order valence-electron chi connectivity index (χ1n) is 8.94. The number of ether oxygens (including phenoxy) is 2. The summed E-state index contributed by atoms with van der Waals surface area (Å²) in [5.74, 6) is -0.00916. The highest BCUT2D eigenvalue weighted by Gasteiger charge is 2.18. The molecule has 2 aromatic rings. The number of amides is 1. The van der Waals surface area contributed by atoms with Crippen LogP contribution in [-0.2, 0) is 9.59 Å². The van der Waals surface area contributed by atoms with Crippen LogP contribution in [0.4, 0.5) is 11.4 Å². The van der Waals surface area contributed by atoms with E-state index in [1.807, 2.05) is 13.0 Å². The van der Waals surface area contributed by atoms with Gasteiger partial charge in [-0.2, -0.15) is 0 Å². The molecule has 0 bridgehead atoms. The minimum Gasteiger partial charge on any atom is -0.496 e. The first-order valence-corrected chi connectivity index (χ1v) is 8.94. The average molecular weight is 416 g/mol. The van der Waals surface area contributed by atoms with Gasteiger partial charge in [0.25, 0.3) is 5.69 Å². The molecule has 0 fully saturated rings. The molecule has 30 heavy (non-hydrogen) atoms. The molecule has 1 atom stereocenters. The number of carbonyl (C=O) groups is 2. The van der Waals surface area contributed by atoms with Crippen molar-refractivity contribution in [2.45, 2.75) is 20.8 Å². The summed E-state index contributed by atoms with van der Waals surface area (Å²) in [6, 6.07) is 11.6. The summed E-state index contributed by atoms with van der Waals surface area (Å²) in [7, 11) is 3.02. The molecule has 1 amide bonds. The quantitative estimate of drug-likeness (QED) is 0.320. The van der Waals surface area contributed by atoms with Gasteiger partial charge in [-0.15, -0.1) is 13.2 Å². The standard InChI is InChI=1S/C12H15NO3.C8H9NO3.C2H4/c1-8(9(2)14)12(15)13-10-6-4-5-7-11(10)16-3;1-6-3-4-7(9(10)11)5-8(6)12-2;1-2/h4-8H,1-3H3,(H,13,15);3-5H,1-2H3;1-2H2. The Kier molecular flexibility index (Phi) is 11.8.